The lowest BCUT2D eigenvalue weighted by molar-refractivity contribution is -0.384. The minimum atomic E-state index is -0.629. The third-order valence-corrected chi connectivity index (χ3v) is 4.48. The summed E-state index contributed by atoms with van der Waals surface area (Å²) in [6.45, 7) is 1.02. The van der Waals surface area contributed by atoms with E-state index in [0.717, 1.165) is 25.5 Å². The fourth-order valence-corrected chi connectivity index (χ4v) is 2.98. The van der Waals surface area contributed by atoms with Crippen LogP contribution in [0.5, 0.6) is 11.5 Å². The summed E-state index contributed by atoms with van der Waals surface area (Å²) < 4.78 is 19.7. The quantitative estimate of drug-likeness (QED) is 0.535. The molecule has 0 radical (unpaired) electrons. The lowest BCUT2D eigenvalue weighted by atomic mass is 10.2. The maximum Gasteiger partial charge on any atom is 0.271 e. The molecule has 1 unspecified atom stereocenters. The lowest BCUT2D eigenvalue weighted by Crippen LogP contribution is -2.40. The summed E-state index contributed by atoms with van der Waals surface area (Å²) >= 11 is 5.95. The van der Waals surface area contributed by atoms with Crippen LogP contribution in [0.3, 0.4) is 0 Å². The van der Waals surface area contributed by atoms with Crippen molar-refractivity contribution in [2.45, 2.75) is 25.4 Å². The Balaban J connectivity index is 0.00000280. The first-order chi connectivity index (χ1) is 12.9. The predicted molar refractivity (Wildman–Crippen MR) is 105 cm³/mol. The maximum absolute atomic E-state index is 14.3. The number of rotatable bonds is 6. The number of non-ortho nitro benzene ring substituents is 1. The van der Waals surface area contributed by atoms with E-state index in [1.807, 2.05) is 0 Å². The number of benzene rings is 2. The van der Waals surface area contributed by atoms with Crippen molar-refractivity contribution < 1.29 is 18.8 Å². The minimum Gasteiger partial charge on any atom is -0.453 e. The molecule has 10 heteroatoms. The molecule has 1 aliphatic heterocycles. The summed E-state index contributed by atoms with van der Waals surface area (Å²) in [6.07, 6.45) is 1.76. The Morgan fingerprint density at radius 1 is 1.32 bits per heavy atom. The Morgan fingerprint density at radius 3 is 2.68 bits per heavy atom. The summed E-state index contributed by atoms with van der Waals surface area (Å²) in [6, 6.07) is 7.78. The zero-order chi connectivity index (χ0) is 19.4. The highest BCUT2D eigenvalue weighted by molar-refractivity contribution is 6.32. The van der Waals surface area contributed by atoms with E-state index in [2.05, 4.69) is 10.6 Å². The first-order valence-corrected chi connectivity index (χ1v) is 8.73. The van der Waals surface area contributed by atoms with Crippen LogP contribution in [0.2, 0.25) is 5.02 Å². The van der Waals surface area contributed by atoms with E-state index >= 15 is 0 Å². The summed E-state index contributed by atoms with van der Waals surface area (Å²) in [4.78, 5) is 22.1. The predicted octanol–water partition coefficient (Wildman–Crippen LogP) is 3.97. The van der Waals surface area contributed by atoms with Crippen LogP contribution in [0.15, 0.2) is 36.4 Å². The van der Waals surface area contributed by atoms with E-state index in [0.29, 0.717) is 5.56 Å². The second kappa shape index (κ2) is 9.68. The van der Waals surface area contributed by atoms with Crippen molar-refractivity contribution in [3.05, 3.63) is 62.9 Å². The lowest BCUT2D eigenvalue weighted by Gasteiger charge is -2.12. The smallest absolute Gasteiger partial charge is 0.271 e. The van der Waals surface area contributed by atoms with Gasteiger partial charge in [0.2, 0.25) is 5.91 Å². The molecule has 2 aromatic rings. The molecule has 1 amide bonds. The number of hydrogen-bond acceptors (Lipinski definition) is 5. The van der Waals surface area contributed by atoms with Crippen LogP contribution in [0, 0.1) is 15.9 Å². The third kappa shape index (κ3) is 5.31. The van der Waals surface area contributed by atoms with E-state index in [9.17, 15) is 19.3 Å². The van der Waals surface area contributed by atoms with E-state index in [-0.39, 0.29) is 53.1 Å². The second-order valence-corrected chi connectivity index (χ2v) is 6.51. The van der Waals surface area contributed by atoms with Gasteiger partial charge >= 0.3 is 0 Å². The molecule has 0 saturated carbocycles. The van der Waals surface area contributed by atoms with E-state index < -0.39 is 10.7 Å². The average Bonchev–Trinajstić information content (AvgIpc) is 3.17. The van der Waals surface area contributed by atoms with Crippen molar-refractivity contribution in [2.75, 3.05) is 6.54 Å². The number of hydrogen-bond donors (Lipinski definition) is 2. The summed E-state index contributed by atoms with van der Waals surface area (Å²) in [5.74, 6) is -0.700. The van der Waals surface area contributed by atoms with Crippen LogP contribution in [-0.2, 0) is 11.3 Å². The van der Waals surface area contributed by atoms with Gasteiger partial charge in [0.15, 0.2) is 11.6 Å². The highest BCUT2D eigenvalue weighted by atomic mass is 35.5. The number of ether oxygens (including phenoxy) is 1. The van der Waals surface area contributed by atoms with Gasteiger partial charge in [-0.3, -0.25) is 14.9 Å². The number of amides is 1. The second-order valence-electron chi connectivity index (χ2n) is 6.11. The van der Waals surface area contributed by atoms with Gasteiger partial charge in [-0.2, -0.15) is 0 Å². The summed E-state index contributed by atoms with van der Waals surface area (Å²) in [7, 11) is 0. The van der Waals surface area contributed by atoms with Crippen LogP contribution in [-0.4, -0.2) is 23.4 Å². The van der Waals surface area contributed by atoms with E-state index in [1.165, 1.54) is 24.3 Å². The molecular weight excluding hydrogens is 412 g/mol. The molecule has 1 aliphatic rings. The van der Waals surface area contributed by atoms with Crippen molar-refractivity contribution in [2.24, 2.45) is 0 Å². The Bertz CT molecular complexity index is 876. The molecule has 2 N–H and O–H groups in total. The monoisotopic (exact) mass is 429 g/mol. The Labute approximate surface area is 171 Å². The highest BCUT2D eigenvalue weighted by Crippen LogP contribution is 2.33. The fourth-order valence-electron chi connectivity index (χ4n) is 2.76. The van der Waals surface area contributed by atoms with Gasteiger partial charge in [-0.1, -0.05) is 17.7 Å². The van der Waals surface area contributed by atoms with Gasteiger partial charge < -0.3 is 15.4 Å². The molecule has 0 bridgehead atoms. The number of nitro benzene ring substituents is 1. The van der Waals surface area contributed by atoms with Crippen LogP contribution in [0.25, 0.3) is 0 Å². The Morgan fingerprint density at radius 2 is 2.07 bits per heavy atom. The molecule has 1 fully saturated rings. The molecule has 1 heterocycles. The zero-order valence-corrected chi connectivity index (χ0v) is 16.2. The molecule has 0 aromatic heterocycles. The number of carbonyl (C=O) groups is 1. The standard InChI is InChI=1S/C18H17ClFN3O4.ClH/c19-13-9-12(23(25)26)4-6-16(13)27-17-5-3-11(8-14(17)20)10-22-18(24)15-2-1-7-21-15;/h3-6,8-9,15,21H,1-2,7,10H2,(H,22,24);1H. The average molecular weight is 430 g/mol. The summed E-state index contributed by atoms with van der Waals surface area (Å²) in [5.41, 5.74) is 0.400. The van der Waals surface area contributed by atoms with Gasteiger partial charge in [-0.05, 0) is 43.1 Å². The SMILES string of the molecule is Cl.O=C(NCc1ccc(Oc2ccc([N+](=O)[O-])cc2Cl)c(F)c1)C1CCCN1. The summed E-state index contributed by atoms with van der Waals surface area (Å²) in [5, 5.41) is 16.6. The Hall–Kier alpha value is -2.42. The highest BCUT2D eigenvalue weighted by Gasteiger charge is 2.21. The van der Waals surface area contributed by atoms with Gasteiger partial charge in [0.1, 0.15) is 5.75 Å². The van der Waals surface area contributed by atoms with Crippen LogP contribution >= 0.6 is 24.0 Å². The molecule has 28 heavy (non-hydrogen) atoms. The molecule has 1 saturated heterocycles. The number of halogens is 3. The molecule has 7 nitrogen and oxygen atoms in total. The van der Waals surface area contributed by atoms with Gasteiger partial charge in [0.25, 0.3) is 5.69 Å². The Kier molecular flexibility index (Phi) is 7.56. The zero-order valence-electron chi connectivity index (χ0n) is 14.6. The van der Waals surface area contributed by atoms with Crippen molar-refractivity contribution in [3.8, 4) is 11.5 Å². The van der Waals surface area contributed by atoms with Gasteiger partial charge in [0, 0.05) is 18.7 Å². The van der Waals surface area contributed by atoms with Gasteiger partial charge in [-0.15, -0.1) is 12.4 Å². The molecule has 2 aromatic carbocycles. The normalized spacial score (nSPS) is 15.6. The fraction of sp³-hybridized carbons (Fsp3) is 0.278. The van der Waals surface area contributed by atoms with Crippen LogP contribution < -0.4 is 15.4 Å². The topological polar surface area (TPSA) is 93.5 Å². The first kappa shape index (κ1) is 21.9. The van der Waals surface area contributed by atoms with E-state index in [1.54, 1.807) is 6.07 Å². The van der Waals surface area contributed by atoms with Crippen molar-refractivity contribution >= 4 is 35.6 Å². The molecule has 0 aliphatic carbocycles. The number of nitrogens with one attached hydrogen (secondary N) is 2. The number of carbonyl (C=O) groups excluding carboxylic acids is 1. The number of nitro groups is 1. The van der Waals surface area contributed by atoms with Crippen molar-refractivity contribution in [1.29, 1.82) is 0 Å². The molecule has 0 spiro atoms. The van der Waals surface area contributed by atoms with Crippen LogP contribution in [0.1, 0.15) is 18.4 Å². The number of nitrogens with zero attached hydrogens (tertiary/aromatic N) is 1. The molecular formula is C18H18Cl2FN3O4. The van der Waals surface area contributed by atoms with Crippen molar-refractivity contribution in [3.63, 3.8) is 0 Å². The largest absolute Gasteiger partial charge is 0.453 e. The maximum atomic E-state index is 14.3. The molecule has 150 valence electrons. The third-order valence-electron chi connectivity index (χ3n) is 4.19. The van der Waals surface area contributed by atoms with Gasteiger partial charge in [-0.25, -0.2) is 4.39 Å². The van der Waals surface area contributed by atoms with Gasteiger partial charge in [0.05, 0.1) is 16.0 Å². The molecule has 3 rings (SSSR count). The minimum absolute atomic E-state index is 0. The van der Waals surface area contributed by atoms with Crippen LogP contribution in [0.4, 0.5) is 10.1 Å². The van der Waals surface area contributed by atoms with E-state index in [4.69, 9.17) is 16.3 Å². The van der Waals surface area contributed by atoms with Crippen molar-refractivity contribution in [1.82, 2.24) is 10.6 Å². The molecule has 1 atom stereocenters. The first-order valence-electron chi connectivity index (χ1n) is 8.35.